The van der Waals surface area contributed by atoms with Crippen molar-refractivity contribution in [3.8, 4) is 11.8 Å². The molecular formula is C14H19N3O. The number of methoxy groups -OCH3 is 1. The van der Waals surface area contributed by atoms with Crippen LogP contribution in [0.2, 0.25) is 0 Å². The number of likely N-dealkylation sites (tertiary alicyclic amines) is 1. The number of hydrogen-bond acceptors (Lipinski definition) is 4. The number of nitrogens with one attached hydrogen (secondary N) is 1. The molecule has 1 fully saturated rings. The molecule has 0 amide bonds. The van der Waals surface area contributed by atoms with Crippen LogP contribution in [0.1, 0.15) is 17.5 Å². The molecule has 0 spiro atoms. The standard InChI is InChI=1S/C14H19N3O/c1-16-13-5-6-17(10-13)9-11-3-4-14(18-2)12(7-11)8-15/h3-4,7,13,16H,5-6,9-10H2,1-2H3. The van der Waals surface area contributed by atoms with Crippen LogP contribution in [0.15, 0.2) is 18.2 Å². The SMILES string of the molecule is CNC1CCN(Cc2ccc(OC)c(C#N)c2)C1. The largest absolute Gasteiger partial charge is 0.495 e. The van der Waals surface area contributed by atoms with E-state index in [1.54, 1.807) is 7.11 Å². The van der Waals surface area contributed by atoms with E-state index in [1.807, 2.05) is 25.2 Å². The smallest absolute Gasteiger partial charge is 0.136 e. The fourth-order valence-electron chi connectivity index (χ4n) is 2.41. The third kappa shape index (κ3) is 2.81. The van der Waals surface area contributed by atoms with Gasteiger partial charge in [0.1, 0.15) is 11.8 Å². The van der Waals surface area contributed by atoms with Gasteiger partial charge in [-0.05, 0) is 31.2 Å². The Morgan fingerprint density at radius 1 is 1.56 bits per heavy atom. The monoisotopic (exact) mass is 245 g/mol. The number of rotatable bonds is 4. The molecule has 1 saturated heterocycles. The summed E-state index contributed by atoms with van der Waals surface area (Å²) >= 11 is 0. The van der Waals surface area contributed by atoms with Gasteiger partial charge < -0.3 is 10.1 Å². The highest BCUT2D eigenvalue weighted by atomic mass is 16.5. The summed E-state index contributed by atoms with van der Waals surface area (Å²) in [7, 11) is 3.60. The van der Waals surface area contributed by atoms with Gasteiger partial charge in [0.05, 0.1) is 12.7 Å². The van der Waals surface area contributed by atoms with Crippen molar-refractivity contribution in [1.29, 1.82) is 5.26 Å². The van der Waals surface area contributed by atoms with Crippen LogP contribution < -0.4 is 10.1 Å². The minimum atomic E-state index is 0.596. The minimum absolute atomic E-state index is 0.596. The van der Waals surface area contributed by atoms with Gasteiger partial charge >= 0.3 is 0 Å². The molecule has 1 aromatic rings. The van der Waals surface area contributed by atoms with E-state index in [0.29, 0.717) is 17.4 Å². The zero-order valence-electron chi connectivity index (χ0n) is 10.9. The number of ether oxygens (including phenoxy) is 1. The van der Waals surface area contributed by atoms with E-state index in [-0.39, 0.29) is 0 Å². The van der Waals surface area contributed by atoms with Crippen LogP contribution >= 0.6 is 0 Å². The van der Waals surface area contributed by atoms with Crippen LogP contribution in [0, 0.1) is 11.3 Å². The number of benzene rings is 1. The Labute approximate surface area is 108 Å². The van der Waals surface area contributed by atoms with E-state index in [4.69, 9.17) is 10.00 Å². The molecule has 1 atom stereocenters. The first-order valence-electron chi connectivity index (χ1n) is 6.23. The molecule has 1 unspecified atom stereocenters. The van der Waals surface area contributed by atoms with E-state index in [0.717, 1.165) is 19.6 Å². The Kier molecular flexibility index (Phi) is 4.19. The van der Waals surface area contributed by atoms with Crippen molar-refractivity contribution in [2.75, 3.05) is 27.2 Å². The summed E-state index contributed by atoms with van der Waals surface area (Å²) in [6.07, 6.45) is 1.19. The van der Waals surface area contributed by atoms with Crippen LogP contribution in [0.3, 0.4) is 0 Å². The third-order valence-corrected chi connectivity index (χ3v) is 3.47. The molecule has 96 valence electrons. The second kappa shape index (κ2) is 5.85. The molecule has 18 heavy (non-hydrogen) atoms. The fraction of sp³-hybridized carbons (Fsp3) is 0.500. The Morgan fingerprint density at radius 3 is 3.00 bits per heavy atom. The molecule has 0 bridgehead atoms. The Hall–Kier alpha value is -1.57. The number of nitriles is 1. The summed E-state index contributed by atoms with van der Waals surface area (Å²) in [5.41, 5.74) is 1.78. The van der Waals surface area contributed by atoms with Crippen molar-refractivity contribution in [2.24, 2.45) is 0 Å². The predicted octanol–water partition coefficient (Wildman–Crippen LogP) is 1.36. The summed E-state index contributed by atoms with van der Waals surface area (Å²) in [4.78, 5) is 2.41. The number of likely N-dealkylation sites (N-methyl/N-ethyl adjacent to an activating group) is 1. The summed E-state index contributed by atoms with van der Waals surface area (Å²) in [5, 5.41) is 12.4. The lowest BCUT2D eigenvalue weighted by atomic mass is 10.1. The maximum absolute atomic E-state index is 9.06. The van der Waals surface area contributed by atoms with Crippen LogP contribution in [0.25, 0.3) is 0 Å². The van der Waals surface area contributed by atoms with Crippen LogP contribution in [0.4, 0.5) is 0 Å². The summed E-state index contributed by atoms with van der Waals surface area (Å²) in [5.74, 6) is 0.649. The van der Waals surface area contributed by atoms with Crippen LogP contribution in [-0.2, 0) is 6.54 Å². The molecule has 1 heterocycles. The van der Waals surface area contributed by atoms with Crippen LogP contribution in [0.5, 0.6) is 5.75 Å². The molecule has 1 aliphatic heterocycles. The molecular weight excluding hydrogens is 226 g/mol. The molecule has 0 saturated carbocycles. The Morgan fingerprint density at radius 2 is 2.39 bits per heavy atom. The van der Waals surface area contributed by atoms with Gasteiger partial charge in [0, 0.05) is 25.7 Å². The molecule has 1 aliphatic rings. The molecule has 0 aliphatic carbocycles. The molecule has 0 radical (unpaired) electrons. The first-order chi connectivity index (χ1) is 8.76. The molecule has 1 aromatic carbocycles. The third-order valence-electron chi connectivity index (χ3n) is 3.47. The maximum Gasteiger partial charge on any atom is 0.136 e. The van der Waals surface area contributed by atoms with Crippen molar-refractivity contribution in [1.82, 2.24) is 10.2 Å². The van der Waals surface area contributed by atoms with Crippen molar-refractivity contribution >= 4 is 0 Å². The van der Waals surface area contributed by atoms with Gasteiger partial charge in [0.2, 0.25) is 0 Å². The van der Waals surface area contributed by atoms with Crippen molar-refractivity contribution in [3.05, 3.63) is 29.3 Å². The average molecular weight is 245 g/mol. The fourth-order valence-corrected chi connectivity index (χ4v) is 2.41. The Balaban J connectivity index is 2.04. The van der Waals surface area contributed by atoms with E-state index in [9.17, 15) is 0 Å². The zero-order chi connectivity index (χ0) is 13.0. The van der Waals surface area contributed by atoms with Gasteiger partial charge in [-0.2, -0.15) is 5.26 Å². The number of hydrogen-bond donors (Lipinski definition) is 1. The van der Waals surface area contributed by atoms with Crippen molar-refractivity contribution < 1.29 is 4.74 Å². The average Bonchev–Trinajstić information content (AvgIpc) is 2.86. The highest BCUT2D eigenvalue weighted by Gasteiger charge is 2.20. The summed E-state index contributed by atoms with van der Waals surface area (Å²) < 4.78 is 5.15. The van der Waals surface area contributed by atoms with Gasteiger partial charge in [0.25, 0.3) is 0 Å². The molecule has 0 aromatic heterocycles. The predicted molar refractivity (Wildman–Crippen MR) is 70.5 cm³/mol. The van der Waals surface area contributed by atoms with Gasteiger partial charge in [-0.15, -0.1) is 0 Å². The van der Waals surface area contributed by atoms with Crippen LogP contribution in [-0.4, -0.2) is 38.2 Å². The zero-order valence-corrected chi connectivity index (χ0v) is 10.9. The van der Waals surface area contributed by atoms with Gasteiger partial charge in [-0.25, -0.2) is 0 Å². The molecule has 4 heteroatoms. The minimum Gasteiger partial charge on any atom is -0.495 e. The highest BCUT2D eigenvalue weighted by molar-refractivity contribution is 5.45. The lowest BCUT2D eigenvalue weighted by molar-refractivity contribution is 0.322. The maximum atomic E-state index is 9.06. The molecule has 2 rings (SSSR count). The van der Waals surface area contributed by atoms with Gasteiger partial charge in [-0.1, -0.05) is 6.07 Å². The normalized spacial score (nSPS) is 19.7. The van der Waals surface area contributed by atoms with E-state index in [1.165, 1.54) is 12.0 Å². The topological polar surface area (TPSA) is 48.3 Å². The Bertz CT molecular complexity index is 453. The number of nitrogens with zero attached hydrogens (tertiary/aromatic N) is 2. The molecule has 1 N–H and O–H groups in total. The lowest BCUT2D eigenvalue weighted by Crippen LogP contribution is -2.29. The lowest BCUT2D eigenvalue weighted by Gasteiger charge is -2.16. The molecule has 4 nitrogen and oxygen atoms in total. The van der Waals surface area contributed by atoms with E-state index in [2.05, 4.69) is 16.3 Å². The second-order valence-corrected chi connectivity index (χ2v) is 4.66. The first-order valence-corrected chi connectivity index (χ1v) is 6.23. The first kappa shape index (κ1) is 12.9. The van der Waals surface area contributed by atoms with E-state index < -0.39 is 0 Å². The summed E-state index contributed by atoms with van der Waals surface area (Å²) in [6, 6.07) is 8.60. The van der Waals surface area contributed by atoms with Crippen molar-refractivity contribution in [2.45, 2.75) is 19.0 Å². The quantitative estimate of drug-likeness (QED) is 0.870. The van der Waals surface area contributed by atoms with E-state index >= 15 is 0 Å². The van der Waals surface area contributed by atoms with Crippen molar-refractivity contribution in [3.63, 3.8) is 0 Å². The highest BCUT2D eigenvalue weighted by Crippen LogP contribution is 2.21. The summed E-state index contributed by atoms with van der Waals surface area (Å²) in [6.45, 7) is 3.08. The van der Waals surface area contributed by atoms with Gasteiger partial charge in [-0.3, -0.25) is 4.90 Å². The second-order valence-electron chi connectivity index (χ2n) is 4.66. The van der Waals surface area contributed by atoms with Gasteiger partial charge in [0.15, 0.2) is 0 Å².